The molecule has 0 saturated carbocycles. The highest BCUT2D eigenvalue weighted by Gasteiger charge is 1.95. The standard InChI is InChI=1S/C13H29N3.HI/c1-4-10-15-13(14)16-11-8-6-5-7-9-12(2)3;/h12H,4-11H2,1-3H3,(H3,14,15,16);1H. The lowest BCUT2D eigenvalue weighted by molar-refractivity contribution is 0.519. The van der Waals surface area contributed by atoms with Crippen LogP contribution in [-0.2, 0) is 0 Å². The van der Waals surface area contributed by atoms with Crippen LogP contribution in [0.4, 0.5) is 0 Å². The summed E-state index contributed by atoms with van der Waals surface area (Å²) < 4.78 is 0. The zero-order valence-corrected chi connectivity index (χ0v) is 14.0. The Labute approximate surface area is 124 Å². The lowest BCUT2D eigenvalue weighted by Crippen LogP contribution is -2.32. The van der Waals surface area contributed by atoms with Crippen molar-refractivity contribution in [2.24, 2.45) is 16.6 Å². The van der Waals surface area contributed by atoms with Gasteiger partial charge in [-0.3, -0.25) is 4.99 Å². The summed E-state index contributed by atoms with van der Waals surface area (Å²) in [5, 5.41) is 3.14. The molecule has 0 aromatic heterocycles. The number of nitrogens with zero attached hydrogens (tertiary/aromatic N) is 1. The van der Waals surface area contributed by atoms with Crippen LogP contribution in [0, 0.1) is 5.92 Å². The molecule has 0 aliphatic heterocycles. The first-order valence-corrected chi connectivity index (χ1v) is 6.70. The monoisotopic (exact) mass is 355 g/mol. The number of aliphatic imine (C=N–C) groups is 1. The molecule has 0 aliphatic carbocycles. The zero-order valence-electron chi connectivity index (χ0n) is 11.7. The second kappa shape index (κ2) is 14.1. The van der Waals surface area contributed by atoms with Gasteiger partial charge in [-0.05, 0) is 18.8 Å². The molecular formula is C13H30IN3. The maximum Gasteiger partial charge on any atom is 0.188 e. The van der Waals surface area contributed by atoms with Gasteiger partial charge in [0.15, 0.2) is 5.96 Å². The second-order valence-corrected chi connectivity index (χ2v) is 4.79. The maximum atomic E-state index is 5.68. The number of halogens is 1. The van der Waals surface area contributed by atoms with E-state index in [2.05, 4.69) is 31.1 Å². The quantitative estimate of drug-likeness (QED) is 0.288. The smallest absolute Gasteiger partial charge is 0.188 e. The van der Waals surface area contributed by atoms with E-state index < -0.39 is 0 Å². The average Bonchev–Trinajstić information content (AvgIpc) is 2.24. The third-order valence-electron chi connectivity index (χ3n) is 2.52. The van der Waals surface area contributed by atoms with Gasteiger partial charge in [-0.2, -0.15) is 0 Å². The van der Waals surface area contributed by atoms with E-state index in [0.717, 1.165) is 25.4 Å². The number of nitrogens with one attached hydrogen (secondary N) is 1. The van der Waals surface area contributed by atoms with Gasteiger partial charge in [0.1, 0.15) is 0 Å². The molecule has 4 heteroatoms. The molecule has 0 bridgehead atoms. The molecule has 17 heavy (non-hydrogen) atoms. The Bertz CT molecular complexity index is 182. The predicted octanol–water partition coefficient (Wildman–Crippen LogP) is 3.53. The molecule has 3 N–H and O–H groups in total. The molecule has 104 valence electrons. The van der Waals surface area contributed by atoms with Crippen molar-refractivity contribution >= 4 is 29.9 Å². The summed E-state index contributed by atoms with van der Waals surface area (Å²) >= 11 is 0. The Morgan fingerprint density at radius 1 is 1.18 bits per heavy atom. The highest BCUT2D eigenvalue weighted by molar-refractivity contribution is 14.0. The van der Waals surface area contributed by atoms with E-state index in [1.165, 1.54) is 32.1 Å². The minimum absolute atomic E-state index is 0. The molecular weight excluding hydrogens is 325 g/mol. The Kier molecular flexibility index (Phi) is 16.0. The number of hydrogen-bond donors (Lipinski definition) is 2. The summed E-state index contributed by atoms with van der Waals surface area (Å²) in [4.78, 5) is 4.18. The van der Waals surface area contributed by atoms with E-state index in [4.69, 9.17) is 5.73 Å². The maximum absolute atomic E-state index is 5.68. The average molecular weight is 355 g/mol. The summed E-state index contributed by atoms with van der Waals surface area (Å²) in [6.45, 7) is 8.46. The van der Waals surface area contributed by atoms with Crippen LogP contribution in [-0.4, -0.2) is 19.0 Å². The molecule has 0 atom stereocenters. The Morgan fingerprint density at radius 3 is 2.41 bits per heavy atom. The van der Waals surface area contributed by atoms with E-state index in [9.17, 15) is 0 Å². The van der Waals surface area contributed by atoms with Crippen molar-refractivity contribution in [2.75, 3.05) is 13.1 Å². The number of unbranched alkanes of at least 4 members (excludes halogenated alkanes) is 3. The predicted molar refractivity (Wildman–Crippen MR) is 88.1 cm³/mol. The van der Waals surface area contributed by atoms with Gasteiger partial charge in [-0.15, -0.1) is 24.0 Å². The molecule has 0 spiro atoms. The van der Waals surface area contributed by atoms with Crippen LogP contribution in [0.1, 0.15) is 59.3 Å². The van der Waals surface area contributed by atoms with Crippen LogP contribution in [0.15, 0.2) is 4.99 Å². The largest absolute Gasteiger partial charge is 0.370 e. The first-order valence-electron chi connectivity index (χ1n) is 6.70. The van der Waals surface area contributed by atoms with Gasteiger partial charge in [0.05, 0.1) is 0 Å². The lowest BCUT2D eigenvalue weighted by Gasteiger charge is -2.06. The molecule has 0 saturated heterocycles. The molecule has 0 aromatic carbocycles. The molecule has 0 heterocycles. The fraction of sp³-hybridized carbons (Fsp3) is 0.923. The number of nitrogens with two attached hydrogens (primary N) is 1. The Hall–Kier alpha value is 0. The van der Waals surface area contributed by atoms with Crippen molar-refractivity contribution in [3.63, 3.8) is 0 Å². The second-order valence-electron chi connectivity index (χ2n) is 4.79. The molecule has 0 aliphatic rings. The van der Waals surface area contributed by atoms with Crippen LogP contribution in [0.5, 0.6) is 0 Å². The van der Waals surface area contributed by atoms with E-state index in [1.54, 1.807) is 0 Å². The lowest BCUT2D eigenvalue weighted by atomic mass is 10.0. The third-order valence-corrected chi connectivity index (χ3v) is 2.52. The zero-order chi connectivity index (χ0) is 12.2. The van der Waals surface area contributed by atoms with Crippen molar-refractivity contribution < 1.29 is 0 Å². The van der Waals surface area contributed by atoms with Crippen molar-refractivity contribution in [1.29, 1.82) is 0 Å². The van der Waals surface area contributed by atoms with Gasteiger partial charge in [0, 0.05) is 13.1 Å². The van der Waals surface area contributed by atoms with Gasteiger partial charge in [-0.25, -0.2) is 0 Å². The Morgan fingerprint density at radius 2 is 1.82 bits per heavy atom. The summed E-state index contributed by atoms with van der Waals surface area (Å²) in [5.74, 6) is 1.44. The van der Waals surface area contributed by atoms with Crippen molar-refractivity contribution in [1.82, 2.24) is 5.32 Å². The molecule has 3 nitrogen and oxygen atoms in total. The number of hydrogen-bond acceptors (Lipinski definition) is 1. The fourth-order valence-corrected chi connectivity index (χ4v) is 1.54. The minimum Gasteiger partial charge on any atom is -0.370 e. The minimum atomic E-state index is 0. The van der Waals surface area contributed by atoms with Crippen molar-refractivity contribution in [3.8, 4) is 0 Å². The van der Waals surface area contributed by atoms with E-state index >= 15 is 0 Å². The van der Waals surface area contributed by atoms with Gasteiger partial charge in [-0.1, -0.05) is 46.5 Å². The van der Waals surface area contributed by atoms with E-state index in [-0.39, 0.29) is 24.0 Å². The van der Waals surface area contributed by atoms with Crippen LogP contribution < -0.4 is 11.1 Å². The summed E-state index contributed by atoms with van der Waals surface area (Å²) in [7, 11) is 0. The molecule has 0 aromatic rings. The van der Waals surface area contributed by atoms with Gasteiger partial charge in [0.2, 0.25) is 0 Å². The van der Waals surface area contributed by atoms with E-state index in [1.807, 2.05) is 0 Å². The van der Waals surface area contributed by atoms with Crippen LogP contribution in [0.2, 0.25) is 0 Å². The SMILES string of the molecule is CCCN=C(N)NCCCCCCC(C)C.I. The van der Waals surface area contributed by atoms with E-state index in [0.29, 0.717) is 5.96 Å². The van der Waals surface area contributed by atoms with Crippen molar-refractivity contribution in [2.45, 2.75) is 59.3 Å². The third kappa shape index (κ3) is 16.0. The van der Waals surface area contributed by atoms with Gasteiger partial charge in [0.25, 0.3) is 0 Å². The molecule has 0 rings (SSSR count). The van der Waals surface area contributed by atoms with Crippen molar-refractivity contribution in [3.05, 3.63) is 0 Å². The highest BCUT2D eigenvalue weighted by Crippen LogP contribution is 2.08. The fourth-order valence-electron chi connectivity index (χ4n) is 1.54. The Balaban J connectivity index is 0. The molecule has 0 radical (unpaired) electrons. The topological polar surface area (TPSA) is 50.4 Å². The highest BCUT2D eigenvalue weighted by atomic mass is 127. The molecule has 0 amide bonds. The summed E-state index contributed by atoms with van der Waals surface area (Å²) in [5.41, 5.74) is 5.68. The number of guanidine groups is 1. The first kappa shape index (κ1) is 19.3. The van der Waals surface area contributed by atoms with Gasteiger partial charge >= 0.3 is 0 Å². The summed E-state index contributed by atoms with van der Waals surface area (Å²) in [6, 6.07) is 0. The number of rotatable bonds is 9. The summed E-state index contributed by atoms with van der Waals surface area (Å²) in [6.07, 6.45) is 7.59. The molecule has 0 fully saturated rings. The normalized spacial score (nSPS) is 11.4. The molecule has 0 unspecified atom stereocenters. The van der Waals surface area contributed by atoms with Crippen LogP contribution >= 0.6 is 24.0 Å². The first-order chi connectivity index (χ1) is 7.66. The van der Waals surface area contributed by atoms with Crippen LogP contribution in [0.25, 0.3) is 0 Å². The van der Waals surface area contributed by atoms with Crippen LogP contribution in [0.3, 0.4) is 0 Å². The van der Waals surface area contributed by atoms with Gasteiger partial charge < -0.3 is 11.1 Å².